The first-order valence-electron chi connectivity index (χ1n) is 9.99. The molecule has 28 heavy (non-hydrogen) atoms. The molecule has 0 amide bonds. The number of halogens is 1. The van der Waals surface area contributed by atoms with E-state index in [4.69, 9.17) is 11.8 Å². The van der Waals surface area contributed by atoms with E-state index < -0.39 is 0 Å². The molecule has 0 saturated carbocycles. The lowest BCUT2D eigenvalue weighted by molar-refractivity contribution is 0.222. The molecule has 1 aliphatic carbocycles. The van der Waals surface area contributed by atoms with Crippen molar-refractivity contribution >= 4 is 23.5 Å². The Morgan fingerprint density at radius 3 is 2.54 bits per heavy atom. The van der Waals surface area contributed by atoms with Gasteiger partial charge < -0.3 is 0 Å². The highest BCUT2D eigenvalue weighted by molar-refractivity contribution is 8.04. The van der Waals surface area contributed by atoms with Crippen LogP contribution in [0.4, 0.5) is 0 Å². The quantitative estimate of drug-likeness (QED) is 0.532. The third-order valence-corrected chi connectivity index (χ3v) is 8.53. The lowest BCUT2D eigenvalue weighted by atomic mass is 9.59. The Kier molecular flexibility index (Phi) is 4.65. The Balaban J connectivity index is 1.61. The number of hydrogen-bond donors (Lipinski definition) is 0. The van der Waals surface area contributed by atoms with Crippen LogP contribution in [0.3, 0.4) is 0 Å². The van der Waals surface area contributed by atoms with Crippen LogP contribution in [0.5, 0.6) is 0 Å². The van der Waals surface area contributed by atoms with Crippen LogP contribution in [-0.2, 0) is 6.42 Å². The van der Waals surface area contributed by atoms with Gasteiger partial charge >= 0.3 is 0 Å². The summed E-state index contributed by atoms with van der Waals surface area (Å²) in [5.41, 5.74) is 3.98. The standard InChI is InChI=1S/C25H24ClNS/c1-18-22(17-19-9-4-2-5-10-19)28-24-15-16-27(26)23-14-8-13-21(25(18,23)24)20-11-6-3-7-12-20/h2-15,18,21-22H,16-17H2,1H3. The summed E-state index contributed by atoms with van der Waals surface area (Å²) in [6, 6.07) is 21.8. The Morgan fingerprint density at radius 1 is 1.07 bits per heavy atom. The van der Waals surface area contributed by atoms with E-state index in [9.17, 15) is 0 Å². The molecule has 1 saturated heterocycles. The van der Waals surface area contributed by atoms with Gasteiger partial charge in [0.15, 0.2) is 0 Å². The summed E-state index contributed by atoms with van der Waals surface area (Å²) >= 11 is 8.83. The molecule has 2 heterocycles. The van der Waals surface area contributed by atoms with Crippen molar-refractivity contribution in [1.82, 2.24) is 4.42 Å². The Bertz CT molecular complexity index is 949. The van der Waals surface area contributed by atoms with Gasteiger partial charge in [-0.25, -0.2) is 0 Å². The van der Waals surface area contributed by atoms with Crippen LogP contribution in [-0.4, -0.2) is 16.2 Å². The molecule has 4 atom stereocenters. The SMILES string of the molecule is CC1C(Cc2ccccc2)SC2=CCN(Cl)C3=CC=CC(c4ccccc4)C231. The number of hydrogen-bond acceptors (Lipinski definition) is 2. The summed E-state index contributed by atoms with van der Waals surface area (Å²) in [5.74, 6) is 0.789. The Labute approximate surface area is 176 Å². The van der Waals surface area contributed by atoms with Crippen LogP contribution in [0.1, 0.15) is 24.0 Å². The van der Waals surface area contributed by atoms with Crippen LogP contribution >= 0.6 is 23.5 Å². The number of nitrogens with zero attached hydrogens (tertiary/aromatic N) is 1. The average Bonchev–Trinajstić information content (AvgIpc) is 3.01. The maximum absolute atomic E-state index is 6.75. The van der Waals surface area contributed by atoms with Gasteiger partial charge in [-0.2, -0.15) is 0 Å². The number of rotatable bonds is 3. The van der Waals surface area contributed by atoms with E-state index in [2.05, 4.69) is 104 Å². The van der Waals surface area contributed by atoms with Gasteiger partial charge in [0.05, 0.1) is 12.0 Å². The molecule has 0 N–H and O–H groups in total. The van der Waals surface area contributed by atoms with Crippen molar-refractivity contribution in [2.24, 2.45) is 11.3 Å². The molecule has 2 aromatic carbocycles. The van der Waals surface area contributed by atoms with Crippen LogP contribution in [0.2, 0.25) is 0 Å². The molecule has 142 valence electrons. The van der Waals surface area contributed by atoms with Gasteiger partial charge in [0, 0.05) is 28.6 Å². The second kappa shape index (κ2) is 7.17. The Hall–Kier alpha value is -1.90. The zero-order chi connectivity index (χ0) is 19.1. The number of benzene rings is 2. The summed E-state index contributed by atoms with van der Waals surface area (Å²) in [6.45, 7) is 3.21. The topological polar surface area (TPSA) is 3.24 Å². The maximum Gasteiger partial charge on any atom is 0.0561 e. The molecule has 2 aromatic rings. The van der Waals surface area contributed by atoms with E-state index in [1.807, 2.05) is 4.42 Å². The summed E-state index contributed by atoms with van der Waals surface area (Å²) in [6.07, 6.45) is 10.3. The lowest BCUT2D eigenvalue weighted by Crippen LogP contribution is -2.44. The highest BCUT2D eigenvalue weighted by Gasteiger charge is 2.59. The smallest absolute Gasteiger partial charge is 0.0561 e. The van der Waals surface area contributed by atoms with Crippen LogP contribution in [0.15, 0.2) is 95.6 Å². The molecule has 1 nitrogen and oxygen atoms in total. The fourth-order valence-corrected chi connectivity index (χ4v) is 7.31. The highest BCUT2D eigenvalue weighted by atomic mass is 35.5. The fraction of sp³-hybridized carbons (Fsp3) is 0.280. The lowest BCUT2D eigenvalue weighted by Gasteiger charge is -2.49. The van der Waals surface area contributed by atoms with Gasteiger partial charge in [-0.15, -0.1) is 11.8 Å². The first kappa shape index (κ1) is 18.1. The predicted octanol–water partition coefficient (Wildman–Crippen LogP) is 6.56. The van der Waals surface area contributed by atoms with Crippen LogP contribution in [0.25, 0.3) is 0 Å². The van der Waals surface area contributed by atoms with E-state index in [1.54, 1.807) is 0 Å². The molecular weight excluding hydrogens is 382 g/mol. The predicted molar refractivity (Wildman–Crippen MR) is 120 cm³/mol. The minimum absolute atomic E-state index is 0.0692. The largest absolute Gasteiger partial charge is 0.285 e. The first-order chi connectivity index (χ1) is 13.7. The minimum atomic E-state index is -0.0692. The van der Waals surface area contributed by atoms with E-state index in [1.165, 1.54) is 21.7 Å². The first-order valence-corrected chi connectivity index (χ1v) is 11.2. The summed E-state index contributed by atoms with van der Waals surface area (Å²) in [4.78, 5) is 1.50. The number of allylic oxidation sites excluding steroid dienone is 4. The monoisotopic (exact) mass is 405 g/mol. The van der Waals surface area contributed by atoms with E-state index in [-0.39, 0.29) is 5.41 Å². The summed E-state index contributed by atoms with van der Waals surface area (Å²) < 4.78 is 1.94. The second-order valence-corrected chi connectivity index (χ2v) is 9.63. The van der Waals surface area contributed by atoms with E-state index >= 15 is 0 Å². The van der Waals surface area contributed by atoms with Crippen molar-refractivity contribution in [1.29, 1.82) is 0 Å². The maximum atomic E-state index is 6.75. The van der Waals surface area contributed by atoms with Gasteiger partial charge in [0.25, 0.3) is 0 Å². The van der Waals surface area contributed by atoms with Crippen molar-refractivity contribution in [3.8, 4) is 0 Å². The molecule has 3 heteroatoms. The van der Waals surface area contributed by atoms with Gasteiger partial charge in [-0.1, -0.05) is 85.8 Å². The van der Waals surface area contributed by atoms with Crippen molar-refractivity contribution in [2.45, 2.75) is 24.5 Å². The molecule has 1 spiro atoms. The third kappa shape index (κ3) is 2.69. The van der Waals surface area contributed by atoms with Gasteiger partial charge in [-0.05, 0) is 34.4 Å². The minimum Gasteiger partial charge on any atom is -0.285 e. The molecule has 5 rings (SSSR count). The highest BCUT2D eigenvalue weighted by Crippen LogP contribution is 2.68. The zero-order valence-corrected chi connectivity index (χ0v) is 17.5. The molecule has 3 aliphatic rings. The van der Waals surface area contributed by atoms with Gasteiger partial charge in [0.1, 0.15) is 0 Å². The van der Waals surface area contributed by atoms with Crippen molar-refractivity contribution in [2.75, 3.05) is 6.54 Å². The van der Waals surface area contributed by atoms with Crippen molar-refractivity contribution in [3.05, 3.63) is 107 Å². The summed E-state index contributed by atoms with van der Waals surface area (Å²) in [5, 5.41) is 0.540. The normalized spacial score (nSPS) is 31.1. The molecule has 0 radical (unpaired) electrons. The second-order valence-electron chi connectivity index (χ2n) is 7.94. The molecule has 2 aliphatic heterocycles. The average molecular weight is 406 g/mol. The fourth-order valence-electron chi connectivity index (χ4n) is 5.24. The summed E-state index contributed by atoms with van der Waals surface area (Å²) in [7, 11) is 0. The molecule has 1 fully saturated rings. The Morgan fingerprint density at radius 2 is 1.79 bits per heavy atom. The van der Waals surface area contributed by atoms with E-state index in [0.717, 1.165) is 13.0 Å². The molecular formula is C25H24ClNS. The van der Waals surface area contributed by atoms with Gasteiger partial charge in [0.2, 0.25) is 0 Å². The zero-order valence-electron chi connectivity index (χ0n) is 16.0. The molecule has 0 bridgehead atoms. The van der Waals surface area contributed by atoms with Crippen LogP contribution in [0, 0.1) is 11.3 Å². The molecule has 0 aromatic heterocycles. The molecule has 4 unspecified atom stereocenters. The van der Waals surface area contributed by atoms with Crippen molar-refractivity contribution in [3.63, 3.8) is 0 Å². The van der Waals surface area contributed by atoms with Crippen LogP contribution < -0.4 is 0 Å². The van der Waals surface area contributed by atoms with Crippen molar-refractivity contribution < 1.29 is 0 Å². The van der Waals surface area contributed by atoms with E-state index in [0.29, 0.717) is 17.1 Å². The third-order valence-electron chi connectivity index (χ3n) is 6.57. The van der Waals surface area contributed by atoms with Gasteiger partial charge in [-0.3, -0.25) is 4.42 Å². The number of thioether (sulfide) groups is 1.